The van der Waals surface area contributed by atoms with E-state index in [1.165, 1.54) is 11.3 Å². The summed E-state index contributed by atoms with van der Waals surface area (Å²) in [5, 5.41) is 7.47. The molecule has 4 N–H and O–H groups in total. The third-order valence-corrected chi connectivity index (χ3v) is 4.24. The number of amides is 2. The molecule has 136 valence electrons. The van der Waals surface area contributed by atoms with Crippen molar-refractivity contribution >= 4 is 35.6 Å². The molecule has 0 aliphatic heterocycles. The zero-order valence-electron chi connectivity index (χ0n) is 14.3. The predicted molar refractivity (Wildman–Crippen MR) is 104 cm³/mol. The van der Waals surface area contributed by atoms with Gasteiger partial charge in [-0.2, -0.15) is 0 Å². The minimum Gasteiger partial charge on any atom is -0.352 e. The lowest BCUT2D eigenvalue weighted by atomic mass is 10.0. The van der Waals surface area contributed by atoms with Gasteiger partial charge in [-0.15, -0.1) is 23.7 Å². The average molecular weight is 382 g/mol. The largest absolute Gasteiger partial charge is 0.352 e. The zero-order valence-corrected chi connectivity index (χ0v) is 16.0. The maximum atomic E-state index is 12.5. The van der Waals surface area contributed by atoms with Crippen LogP contribution in [0.15, 0.2) is 47.8 Å². The van der Waals surface area contributed by atoms with Crippen LogP contribution in [0.25, 0.3) is 0 Å². The number of carbonyl (C=O) groups is 2. The van der Waals surface area contributed by atoms with Gasteiger partial charge in [-0.05, 0) is 30.9 Å². The fourth-order valence-electron chi connectivity index (χ4n) is 2.13. The van der Waals surface area contributed by atoms with Gasteiger partial charge >= 0.3 is 0 Å². The van der Waals surface area contributed by atoms with Crippen LogP contribution in [0.3, 0.4) is 0 Å². The first-order valence-electron chi connectivity index (χ1n) is 7.80. The highest BCUT2D eigenvalue weighted by atomic mass is 35.5. The minimum absolute atomic E-state index is 0. The van der Waals surface area contributed by atoms with Gasteiger partial charge in [0.15, 0.2) is 0 Å². The molecule has 0 aliphatic carbocycles. The summed E-state index contributed by atoms with van der Waals surface area (Å²) in [4.78, 5) is 25.4. The molecular weight excluding hydrogens is 358 g/mol. The van der Waals surface area contributed by atoms with Crippen LogP contribution in [0.2, 0.25) is 0 Å². The third kappa shape index (κ3) is 7.25. The number of nitrogens with two attached hydrogens (primary N) is 1. The van der Waals surface area contributed by atoms with Crippen molar-refractivity contribution in [3.8, 4) is 0 Å². The highest BCUT2D eigenvalue weighted by Crippen LogP contribution is 2.10. The van der Waals surface area contributed by atoms with Crippen LogP contribution in [0.5, 0.6) is 0 Å². The molecule has 1 unspecified atom stereocenters. The van der Waals surface area contributed by atoms with E-state index in [1.807, 2.05) is 55.6 Å². The molecule has 5 nitrogen and oxygen atoms in total. The van der Waals surface area contributed by atoms with Crippen LogP contribution in [0.1, 0.15) is 29.1 Å². The van der Waals surface area contributed by atoms with Crippen molar-refractivity contribution in [1.82, 2.24) is 10.6 Å². The quantitative estimate of drug-likeness (QED) is 0.688. The van der Waals surface area contributed by atoms with E-state index in [4.69, 9.17) is 5.73 Å². The van der Waals surface area contributed by atoms with Gasteiger partial charge in [-0.25, -0.2) is 0 Å². The lowest BCUT2D eigenvalue weighted by Crippen LogP contribution is -2.52. The molecule has 1 aromatic heterocycles. The van der Waals surface area contributed by atoms with Gasteiger partial charge in [0.2, 0.25) is 5.91 Å². The second-order valence-corrected chi connectivity index (χ2v) is 7.35. The van der Waals surface area contributed by atoms with Gasteiger partial charge in [-0.1, -0.05) is 36.4 Å². The van der Waals surface area contributed by atoms with Gasteiger partial charge in [0, 0.05) is 18.5 Å². The lowest BCUT2D eigenvalue weighted by molar-refractivity contribution is -0.123. The summed E-state index contributed by atoms with van der Waals surface area (Å²) >= 11 is 1.34. The van der Waals surface area contributed by atoms with Gasteiger partial charge in [0.1, 0.15) is 6.04 Å². The molecule has 1 aromatic carbocycles. The average Bonchev–Trinajstić information content (AvgIpc) is 3.07. The zero-order chi connectivity index (χ0) is 17.6. The fourth-order valence-corrected chi connectivity index (χ4v) is 2.76. The van der Waals surface area contributed by atoms with Crippen molar-refractivity contribution in [2.24, 2.45) is 5.73 Å². The molecular formula is C18H24ClN3O2S. The molecule has 7 heteroatoms. The van der Waals surface area contributed by atoms with E-state index in [2.05, 4.69) is 10.6 Å². The fraction of sp³-hybridized carbons (Fsp3) is 0.333. The Labute approximate surface area is 158 Å². The molecule has 0 aliphatic rings. The Kier molecular flexibility index (Phi) is 8.09. The van der Waals surface area contributed by atoms with Gasteiger partial charge in [-0.3, -0.25) is 9.59 Å². The molecule has 0 bridgehead atoms. The summed E-state index contributed by atoms with van der Waals surface area (Å²) < 4.78 is 0. The molecule has 0 fully saturated rings. The van der Waals surface area contributed by atoms with E-state index < -0.39 is 11.6 Å². The van der Waals surface area contributed by atoms with Gasteiger partial charge < -0.3 is 16.4 Å². The second-order valence-electron chi connectivity index (χ2n) is 6.40. The monoisotopic (exact) mass is 381 g/mol. The Morgan fingerprint density at radius 3 is 2.40 bits per heavy atom. The molecule has 2 rings (SSSR count). The Morgan fingerprint density at radius 2 is 1.84 bits per heavy atom. The molecule has 1 atom stereocenters. The van der Waals surface area contributed by atoms with Crippen LogP contribution in [-0.4, -0.2) is 29.9 Å². The maximum absolute atomic E-state index is 12.5. The lowest BCUT2D eigenvalue weighted by Gasteiger charge is -2.23. The molecule has 25 heavy (non-hydrogen) atoms. The molecule has 0 saturated carbocycles. The molecule has 0 saturated heterocycles. The Balaban J connectivity index is 0.00000312. The van der Waals surface area contributed by atoms with Crippen LogP contribution in [0.4, 0.5) is 0 Å². The van der Waals surface area contributed by atoms with E-state index >= 15 is 0 Å². The van der Waals surface area contributed by atoms with Crippen molar-refractivity contribution in [3.63, 3.8) is 0 Å². The smallest absolute Gasteiger partial charge is 0.262 e. The highest BCUT2D eigenvalue weighted by Gasteiger charge is 2.23. The minimum atomic E-state index is -0.649. The first-order valence-corrected chi connectivity index (χ1v) is 8.68. The first-order chi connectivity index (χ1) is 11.3. The van der Waals surface area contributed by atoms with Crippen LogP contribution >= 0.6 is 23.7 Å². The molecule has 0 spiro atoms. The highest BCUT2D eigenvalue weighted by molar-refractivity contribution is 7.12. The summed E-state index contributed by atoms with van der Waals surface area (Å²) in [6, 6.07) is 12.5. The van der Waals surface area contributed by atoms with Crippen molar-refractivity contribution < 1.29 is 9.59 Å². The van der Waals surface area contributed by atoms with Crippen LogP contribution in [-0.2, 0) is 11.2 Å². The maximum Gasteiger partial charge on any atom is 0.262 e. The standard InChI is InChI=1S/C18H23N3O2S.ClH/c1-18(2,19)12-20-16(22)14(11-13-7-4-3-5-8-13)21-17(23)15-9-6-10-24-15;/h3-10,14H,11-12,19H2,1-2H3,(H,20,22)(H,21,23);1H. The van der Waals surface area contributed by atoms with E-state index in [-0.39, 0.29) is 24.2 Å². The number of nitrogens with one attached hydrogen (secondary N) is 2. The Bertz CT molecular complexity index is 669. The van der Waals surface area contributed by atoms with Crippen LogP contribution in [0, 0.1) is 0 Å². The normalized spacial score (nSPS) is 12.0. The second kappa shape index (κ2) is 9.56. The van der Waals surface area contributed by atoms with E-state index in [1.54, 1.807) is 6.07 Å². The van der Waals surface area contributed by atoms with Gasteiger partial charge in [0.05, 0.1) is 4.88 Å². The molecule has 1 heterocycles. The van der Waals surface area contributed by atoms with E-state index in [0.717, 1.165) is 5.56 Å². The summed E-state index contributed by atoms with van der Waals surface area (Å²) in [6.07, 6.45) is 0.425. The topological polar surface area (TPSA) is 84.2 Å². The summed E-state index contributed by atoms with van der Waals surface area (Å²) in [7, 11) is 0. The summed E-state index contributed by atoms with van der Waals surface area (Å²) in [6.45, 7) is 4.01. The number of rotatable bonds is 7. The number of carbonyl (C=O) groups excluding carboxylic acids is 2. The SMILES string of the molecule is CC(C)(N)CNC(=O)C(Cc1ccccc1)NC(=O)c1cccs1.Cl. The van der Waals surface area contributed by atoms with Crippen molar-refractivity contribution in [1.29, 1.82) is 0 Å². The number of thiophene rings is 1. The van der Waals surface area contributed by atoms with E-state index in [0.29, 0.717) is 17.8 Å². The Hall–Kier alpha value is -1.89. The van der Waals surface area contributed by atoms with Crippen LogP contribution < -0.4 is 16.4 Å². The number of hydrogen-bond acceptors (Lipinski definition) is 4. The van der Waals surface area contributed by atoms with Crippen molar-refractivity contribution in [2.45, 2.75) is 31.8 Å². The number of halogens is 1. The predicted octanol–water partition coefficient (Wildman–Crippen LogP) is 2.36. The van der Waals surface area contributed by atoms with Crippen molar-refractivity contribution in [2.75, 3.05) is 6.54 Å². The number of benzene rings is 1. The molecule has 2 aromatic rings. The molecule has 2 amide bonds. The molecule has 0 radical (unpaired) electrons. The Morgan fingerprint density at radius 1 is 1.16 bits per heavy atom. The summed E-state index contributed by atoms with van der Waals surface area (Å²) in [5.41, 5.74) is 6.39. The van der Waals surface area contributed by atoms with Crippen molar-refractivity contribution in [3.05, 3.63) is 58.3 Å². The summed E-state index contributed by atoms with van der Waals surface area (Å²) in [5.74, 6) is -0.477. The van der Waals surface area contributed by atoms with E-state index in [9.17, 15) is 9.59 Å². The first kappa shape index (κ1) is 21.2. The third-order valence-electron chi connectivity index (χ3n) is 3.37. The van der Waals surface area contributed by atoms with Gasteiger partial charge in [0.25, 0.3) is 5.91 Å². The number of hydrogen-bond donors (Lipinski definition) is 3.